The van der Waals surface area contributed by atoms with Gasteiger partial charge in [-0.15, -0.1) is 0 Å². The van der Waals surface area contributed by atoms with Gasteiger partial charge in [-0.05, 0) is 32.9 Å². The van der Waals surface area contributed by atoms with E-state index in [1.165, 1.54) is 0 Å². The maximum absolute atomic E-state index is 12.3. The summed E-state index contributed by atoms with van der Waals surface area (Å²) in [7, 11) is 0. The van der Waals surface area contributed by atoms with E-state index in [9.17, 15) is 4.79 Å². The zero-order valence-corrected chi connectivity index (χ0v) is 12.1. The number of pyridine rings is 1. The van der Waals surface area contributed by atoms with Crippen molar-refractivity contribution < 1.29 is 4.79 Å². The van der Waals surface area contributed by atoms with Crippen molar-refractivity contribution in [1.82, 2.24) is 19.9 Å². The van der Waals surface area contributed by atoms with Gasteiger partial charge < -0.3 is 9.88 Å². The van der Waals surface area contributed by atoms with Crippen LogP contribution in [0.2, 0.25) is 0 Å². The largest absolute Gasteiger partial charge is 0.354 e. The highest BCUT2D eigenvalue weighted by atomic mass is 16.2. The Hall–Kier alpha value is -2.17. The van der Waals surface area contributed by atoms with Crippen molar-refractivity contribution in [3.8, 4) is 0 Å². The molecule has 2 aromatic heterocycles. The Morgan fingerprint density at radius 2 is 2.15 bits per heavy atom. The van der Waals surface area contributed by atoms with E-state index in [0.717, 1.165) is 17.8 Å². The fraction of sp³-hybridized carbons (Fsp3) is 0.400. The van der Waals surface area contributed by atoms with Crippen LogP contribution in [-0.2, 0) is 16.8 Å². The minimum absolute atomic E-state index is 0.0224. The standard InChI is InChI=1S/C15H20N4O/c1-12-10-19(11-18-12)15(2,3)14(20)17-9-7-13-6-4-5-8-16-13/h4-6,8,10-11H,7,9H2,1-3H3,(H,17,20). The second-order valence-electron chi connectivity index (χ2n) is 5.31. The van der Waals surface area contributed by atoms with Gasteiger partial charge in [0.15, 0.2) is 0 Å². The molecule has 0 spiro atoms. The Kier molecular flexibility index (Phi) is 4.17. The van der Waals surface area contributed by atoms with E-state index in [4.69, 9.17) is 0 Å². The Labute approximate surface area is 119 Å². The first-order valence-corrected chi connectivity index (χ1v) is 6.69. The van der Waals surface area contributed by atoms with Crippen LogP contribution in [0.3, 0.4) is 0 Å². The third-order valence-electron chi connectivity index (χ3n) is 3.31. The third kappa shape index (κ3) is 3.23. The lowest BCUT2D eigenvalue weighted by molar-refractivity contribution is -0.128. The van der Waals surface area contributed by atoms with Crippen molar-refractivity contribution in [1.29, 1.82) is 0 Å². The quantitative estimate of drug-likeness (QED) is 0.901. The Morgan fingerprint density at radius 1 is 1.35 bits per heavy atom. The van der Waals surface area contributed by atoms with Gasteiger partial charge in [0, 0.05) is 31.1 Å². The number of carbonyl (C=O) groups excluding carboxylic acids is 1. The number of hydrogen-bond donors (Lipinski definition) is 1. The highest BCUT2D eigenvalue weighted by Gasteiger charge is 2.29. The number of imidazole rings is 1. The fourth-order valence-electron chi connectivity index (χ4n) is 1.91. The molecule has 2 aromatic rings. The number of aromatic nitrogens is 3. The lowest BCUT2D eigenvalue weighted by Gasteiger charge is -2.25. The molecule has 5 nitrogen and oxygen atoms in total. The molecule has 0 radical (unpaired) electrons. The van der Waals surface area contributed by atoms with Crippen molar-refractivity contribution in [3.05, 3.63) is 48.3 Å². The Balaban J connectivity index is 1.91. The SMILES string of the molecule is Cc1cn(C(C)(C)C(=O)NCCc2ccccn2)cn1. The minimum Gasteiger partial charge on any atom is -0.354 e. The number of rotatable bonds is 5. The number of amides is 1. The molecule has 1 N–H and O–H groups in total. The number of nitrogens with zero attached hydrogens (tertiary/aromatic N) is 3. The molecule has 20 heavy (non-hydrogen) atoms. The molecule has 0 aliphatic rings. The van der Waals surface area contributed by atoms with Crippen LogP contribution in [0.5, 0.6) is 0 Å². The predicted molar refractivity (Wildman–Crippen MR) is 77.2 cm³/mol. The maximum atomic E-state index is 12.3. The second-order valence-corrected chi connectivity index (χ2v) is 5.31. The molecule has 0 saturated heterocycles. The molecular weight excluding hydrogens is 252 g/mol. The molecule has 0 aliphatic heterocycles. The topological polar surface area (TPSA) is 59.8 Å². The highest BCUT2D eigenvalue weighted by molar-refractivity contribution is 5.83. The molecule has 0 fully saturated rings. The summed E-state index contributed by atoms with van der Waals surface area (Å²) in [6.07, 6.45) is 6.05. The van der Waals surface area contributed by atoms with Crippen molar-refractivity contribution in [3.63, 3.8) is 0 Å². The predicted octanol–water partition coefficient (Wildman–Crippen LogP) is 1.68. The number of aryl methyl sites for hydroxylation is 1. The van der Waals surface area contributed by atoms with E-state index in [1.54, 1.807) is 12.5 Å². The number of nitrogens with one attached hydrogen (secondary N) is 1. The van der Waals surface area contributed by atoms with Crippen LogP contribution < -0.4 is 5.32 Å². The summed E-state index contributed by atoms with van der Waals surface area (Å²) in [6.45, 7) is 6.24. The molecule has 0 bridgehead atoms. The first-order valence-electron chi connectivity index (χ1n) is 6.69. The lowest BCUT2D eigenvalue weighted by Crippen LogP contribution is -2.44. The van der Waals surface area contributed by atoms with E-state index >= 15 is 0 Å². The van der Waals surface area contributed by atoms with Crippen molar-refractivity contribution in [2.45, 2.75) is 32.7 Å². The summed E-state index contributed by atoms with van der Waals surface area (Å²) in [5, 5.41) is 2.95. The number of carbonyl (C=O) groups is 1. The van der Waals surface area contributed by atoms with Crippen molar-refractivity contribution >= 4 is 5.91 Å². The van der Waals surface area contributed by atoms with E-state index < -0.39 is 5.54 Å². The van der Waals surface area contributed by atoms with Gasteiger partial charge in [-0.2, -0.15) is 0 Å². The second kappa shape index (κ2) is 5.86. The van der Waals surface area contributed by atoms with Crippen LogP contribution in [0, 0.1) is 6.92 Å². The molecule has 0 aliphatic carbocycles. The molecule has 0 aromatic carbocycles. The van der Waals surface area contributed by atoms with Gasteiger partial charge in [0.05, 0.1) is 12.0 Å². The zero-order valence-electron chi connectivity index (χ0n) is 12.1. The maximum Gasteiger partial charge on any atom is 0.245 e. The average Bonchev–Trinajstić information content (AvgIpc) is 2.87. The fourth-order valence-corrected chi connectivity index (χ4v) is 1.91. The van der Waals surface area contributed by atoms with Gasteiger partial charge in [-0.1, -0.05) is 6.07 Å². The molecule has 2 rings (SSSR count). The van der Waals surface area contributed by atoms with Gasteiger partial charge in [0.1, 0.15) is 5.54 Å². The van der Waals surface area contributed by atoms with Crippen LogP contribution >= 0.6 is 0 Å². The molecule has 0 unspecified atom stereocenters. The normalized spacial score (nSPS) is 11.3. The summed E-state index contributed by atoms with van der Waals surface area (Å²) in [4.78, 5) is 20.7. The first-order chi connectivity index (χ1) is 9.50. The Bertz CT molecular complexity index is 575. The summed E-state index contributed by atoms with van der Waals surface area (Å²) in [5.41, 5.74) is 1.23. The lowest BCUT2D eigenvalue weighted by atomic mass is 10.0. The van der Waals surface area contributed by atoms with Crippen molar-refractivity contribution in [2.24, 2.45) is 0 Å². The van der Waals surface area contributed by atoms with Gasteiger partial charge in [0.2, 0.25) is 5.91 Å². The molecule has 0 atom stereocenters. The summed E-state index contributed by atoms with van der Waals surface area (Å²) in [5.74, 6) is -0.0224. The zero-order chi connectivity index (χ0) is 14.6. The van der Waals surface area contributed by atoms with E-state index in [2.05, 4.69) is 15.3 Å². The highest BCUT2D eigenvalue weighted by Crippen LogP contribution is 2.15. The van der Waals surface area contributed by atoms with E-state index in [0.29, 0.717) is 6.54 Å². The van der Waals surface area contributed by atoms with E-state index in [1.807, 2.05) is 49.7 Å². The minimum atomic E-state index is -0.647. The summed E-state index contributed by atoms with van der Waals surface area (Å²) >= 11 is 0. The van der Waals surface area contributed by atoms with Crippen LogP contribution in [0.15, 0.2) is 36.9 Å². The van der Waals surface area contributed by atoms with Gasteiger partial charge >= 0.3 is 0 Å². The number of hydrogen-bond acceptors (Lipinski definition) is 3. The van der Waals surface area contributed by atoms with Crippen LogP contribution in [0.25, 0.3) is 0 Å². The molecular formula is C15H20N4O. The Morgan fingerprint density at radius 3 is 2.75 bits per heavy atom. The molecule has 1 amide bonds. The third-order valence-corrected chi connectivity index (χ3v) is 3.31. The van der Waals surface area contributed by atoms with Crippen LogP contribution in [0.4, 0.5) is 0 Å². The molecule has 5 heteroatoms. The molecule has 0 saturated carbocycles. The van der Waals surface area contributed by atoms with Crippen molar-refractivity contribution in [2.75, 3.05) is 6.54 Å². The van der Waals surface area contributed by atoms with Gasteiger partial charge in [-0.25, -0.2) is 4.98 Å². The molecule has 106 valence electrons. The van der Waals surface area contributed by atoms with Gasteiger partial charge in [-0.3, -0.25) is 9.78 Å². The summed E-state index contributed by atoms with van der Waals surface area (Å²) in [6, 6.07) is 5.78. The first kappa shape index (κ1) is 14.2. The van der Waals surface area contributed by atoms with Crippen LogP contribution in [-0.4, -0.2) is 27.0 Å². The smallest absolute Gasteiger partial charge is 0.245 e. The average molecular weight is 272 g/mol. The van der Waals surface area contributed by atoms with Crippen LogP contribution in [0.1, 0.15) is 25.2 Å². The summed E-state index contributed by atoms with van der Waals surface area (Å²) < 4.78 is 1.83. The molecule has 2 heterocycles. The van der Waals surface area contributed by atoms with Gasteiger partial charge in [0.25, 0.3) is 0 Å². The van der Waals surface area contributed by atoms with E-state index in [-0.39, 0.29) is 5.91 Å². The monoisotopic (exact) mass is 272 g/mol.